The normalized spacial score (nSPS) is 12.6. The third kappa shape index (κ3) is 6.03. The molecule has 1 unspecified atom stereocenters. The molecule has 0 bridgehead atoms. The number of rotatable bonds is 5. The van der Waals surface area contributed by atoms with E-state index in [0.717, 1.165) is 5.56 Å². The van der Waals surface area contributed by atoms with Gasteiger partial charge >= 0.3 is 11.8 Å². The second-order valence-electron chi connectivity index (χ2n) is 6.32. The lowest BCUT2D eigenvalue weighted by Crippen LogP contribution is -2.41. The molecule has 2 amide bonds. The Morgan fingerprint density at radius 1 is 1.32 bits per heavy atom. The van der Waals surface area contributed by atoms with Crippen molar-refractivity contribution in [3.63, 3.8) is 0 Å². The van der Waals surface area contributed by atoms with Gasteiger partial charge in [-0.2, -0.15) is 0 Å². The first kappa shape index (κ1) is 18.5. The van der Waals surface area contributed by atoms with Crippen LogP contribution in [-0.4, -0.2) is 29.6 Å². The van der Waals surface area contributed by atoms with Crippen LogP contribution in [0.15, 0.2) is 18.2 Å². The fraction of sp³-hybridized carbons (Fsp3) is 0.500. The zero-order valence-corrected chi connectivity index (χ0v) is 14.1. The Hall–Kier alpha value is -1.59. The number of aliphatic hydroxyl groups excluding tert-OH is 1. The number of halogens is 1. The van der Waals surface area contributed by atoms with E-state index < -0.39 is 17.9 Å². The highest BCUT2D eigenvalue weighted by molar-refractivity contribution is 6.39. The van der Waals surface area contributed by atoms with Crippen molar-refractivity contribution in [2.45, 2.75) is 40.2 Å². The van der Waals surface area contributed by atoms with Crippen LogP contribution in [0.2, 0.25) is 5.02 Å². The van der Waals surface area contributed by atoms with Crippen LogP contribution < -0.4 is 10.6 Å². The topological polar surface area (TPSA) is 78.4 Å². The van der Waals surface area contributed by atoms with Crippen LogP contribution in [0.1, 0.15) is 32.8 Å². The van der Waals surface area contributed by atoms with Crippen molar-refractivity contribution in [3.05, 3.63) is 28.8 Å². The van der Waals surface area contributed by atoms with E-state index in [-0.39, 0.29) is 5.41 Å². The predicted molar refractivity (Wildman–Crippen MR) is 87.9 cm³/mol. The van der Waals surface area contributed by atoms with Gasteiger partial charge in [-0.3, -0.25) is 9.59 Å². The van der Waals surface area contributed by atoms with Crippen molar-refractivity contribution >= 4 is 29.1 Å². The molecule has 1 atom stereocenters. The largest absolute Gasteiger partial charge is 0.393 e. The van der Waals surface area contributed by atoms with E-state index in [9.17, 15) is 14.7 Å². The summed E-state index contributed by atoms with van der Waals surface area (Å²) in [6.07, 6.45) is 0.0677. The van der Waals surface area contributed by atoms with Gasteiger partial charge in [-0.15, -0.1) is 0 Å². The van der Waals surface area contributed by atoms with Gasteiger partial charge in [0.05, 0.1) is 6.10 Å². The van der Waals surface area contributed by atoms with Gasteiger partial charge in [0.25, 0.3) is 0 Å². The zero-order chi connectivity index (χ0) is 16.9. The fourth-order valence-corrected chi connectivity index (χ4v) is 2.31. The van der Waals surface area contributed by atoms with E-state index in [1.54, 1.807) is 25.1 Å². The lowest BCUT2D eigenvalue weighted by molar-refractivity contribution is -0.136. The number of hydrogen-bond acceptors (Lipinski definition) is 3. The molecule has 3 N–H and O–H groups in total. The first-order chi connectivity index (χ1) is 10.1. The highest BCUT2D eigenvalue weighted by Crippen LogP contribution is 2.21. The lowest BCUT2D eigenvalue weighted by Gasteiger charge is -2.26. The Bertz CT molecular complexity index is 556. The van der Waals surface area contributed by atoms with Crippen LogP contribution in [0.5, 0.6) is 0 Å². The van der Waals surface area contributed by atoms with Crippen molar-refractivity contribution in [3.8, 4) is 0 Å². The number of amides is 2. The standard InChI is InChI=1S/C16H23ClN2O3/c1-10-5-6-12(7-13(10)17)19-15(22)14(21)18-9-16(3,4)8-11(2)20/h5-7,11,20H,8-9H2,1-4H3,(H,18,21)(H,19,22). The minimum absolute atomic E-state index is 0.294. The molecule has 1 rings (SSSR count). The van der Waals surface area contributed by atoms with E-state index in [1.807, 2.05) is 20.8 Å². The molecule has 0 fully saturated rings. The van der Waals surface area contributed by atoms with Crippen molar-refractivity contribution in [1.82, 2.24) is 5.32 Å². The number of benzene rings is 1. The van der Waals surface area contributed by atoms with Gasteiger partial charge in [0, 0.05) is 17.3 Å². The smallest absolute Gasteiger partial charge is 0.313 e. The quantitative estimate of drug-likeness (QED) is 0.727. The van der Waals surface area contributed by atoms with Crippen molar-refractivity contribution in [1.29, 1.82) is 0 Å². The average Bonchev–Trinajstić information content (AvgIpc) is 2.39. The molecule has 0 saturated heterocycles. The molecule has 5 nitrogen and oxygen atoms in total. The fourth-order valence-electron chi connectivity index (χ4n) is 2.13. The number of nitrogens with one attached hydrogen (secondary N) is 2. The summed E-state index contributed by atoms with van der Waals surface area (Å²) in [7, 11) is 0. The van der Waals surface area contributed by atoms with E-state index in [4.69, 9.17) is 11.6 Å². The molecule has 0 heterocycles. The van der Waals surface area contributed by atoms with Crippen LogP contribution >= 0.6 is 11.6 Å². The van der Waals surface area contributed by atoms with Crippen LogP contribution in [0.4, 0.5) is 5.69 Å². The highest BCUT2D eigenvalue weighted by atomic mass is 35.5. The molecule has 0 aliphatic heterocycles. The Morgan fingerprint density at radius 2 is 1.95 bits per heavy atom. The summed E-state index contributed by atoms with van der Waals surface area (Å²) in [5.41, 5.74) is 1.07. The number of carbonyl (C=O) groups is 2. The minimum atomic E-state index is -0.743. The summed E-state index contributed by atoms with van der Waals surface area (Å²) < 4.78 is 0. The first-order valence-electron chi connectivity index (χ1n) is 7.14. The molecular formula is C16H23ClN2O3. The minimum Gasteiger partial charge on any atom is -0.393 e. The predicted octanol–water partition coefficient (Wildman–Crippen LogP) is 2.50. The van der Waals surface area contributed by atoms with Crippen molar-refractivity contribution < 1.29 is 14.7 Å². The van der Waals surface area contributed by atoms with E-state index in [1.165, 1.54) is 0 Å². The second kappa shape index (κ2) is 7.61. The Balaban J connectivity index is 2.55. The monoisotopic (exact) mass is 326 g/mol. The molecule has 22 heavy (non-hydrogen) atoms. The first-order valence-corrected chi connectivity index (χ1v) is 7.52. The third-order valence-electron chi connectivity index (χ3n) is 3.21. The van der Waals surface area contributed by atoms with Gasteiger partial charge in [0.2, 0.25) is 0 Å². The molecule has 1 aromatic rings. The molecule has 1 aromatic carbocycles. The Labute approximate surface area is 136 Å². The molecule has 0 aromatic heterocycles. The summed E-state index contributed by atoms with van der Waals surface area (Å²) in [6.45, 7) is 7.68. The molecule has 122 valence electrons. The van der Waals surface area contributed by atoms with E-state index in [0.29, 0.717) is 23.7 Å². The van der Waals surface area contributed by atoms with E-state index in [2.05, 4.69) is 10.6 Å². The van der Waals surface area contributed by atoms with E-state index >= 15 is 0 Å². The van der Waals surface area contributed by atoms with Crippen LogP contribution in [0.3, 0.4) is 0 Å². The maximum atomic E-state index is 11.8. The second-order valence-corrected chi connectivity index (χ2v) is 6.73. The summed E-state index contributed by atoms with van der Waals surface area (Å²) in [5.74, 6) is -1.46. The Kier molecular flexibility index (Phi) is 6.38. The van der Waals surface area contributed by atoms with Crippen molar-refractivity contribution in [2.75, 3.05) is 11.9 Å². The summed E-state index contributed by atoms with van der Waals surface area (Å²) in [4.78, 5) is 23.6. The zero-order valence-electron chi connectivity index (χ0n) is 13.4. The molecular weight excluding hydrogens is 304 g/mol. The average molecular weight is 327 g/mol. The molecule has 0 spiro atoms. The van der Waals surface area contributed by atoms with Gasteiger partial charge in [-0.25, -0.2) is 0 Å². The van der Waals surface area contributed by atoms with Crippen molar-refractivity contribution in [2.24, 2.45) is 5.41 Å². The summed E-state index contributed by atoms with van der Waals surface area (Å²) in [5, 5.41) is 15.0. The molecule has 6 heteroatoms. The van der Waals surface area contributed by atoms with Gasteiger partial charge in [0.1, 0.15) is 0 Å². The van der Waals surface area contributed by atoms with Gasteiger partial charge in [-0.05, 0) is 43.4 Å². The number of aryl methyl sites for hydroxylation is 1. The number of aliphatic hydroxyl groups is 1. The number of anilines is 1. The highest BCUT2D eigenvalue weighted by Gasteiger charge is 2.23. The lowest BCUT2D eigenvalue weighted by atomic mass is 9.87. The maximum Gasteiger partial charge on any atom is 0.313 e. The molecule has 0 saturated carbocycles. The SMILES string of the molecule is Cc1ccc(NC(=O)C(=O)NCC(C)(C)CC(C)O)cc1Cl. The van der Waals surface area contributed by atoms with Crippen LogP contribution in [0, 0.1) is 12.3 Å². The van der Waals surface area contributed by atoms with Crippen LogP contribution in [0.25, 0.3) is 0 Å². The van der Waals surface area contributed by atoms with Crippen LogP contribution in [-0.2, 0) is 9.59 Å². The number of hydrogen-bond donors (Lipinski definition) is 3. The number of carbonyl (C=O) groups excluding carboxylic acids is 2. The third-order valence-corrected chi connectivity index (χ3v) is 3.62. The van der Waals surface area contributed by atoms with Gasteiger partial charge < -0.3 is 15.7 Å². The molecule has 0 aliphatic carbocycles. The molecule has 0 aliphatic rings. The summed E-state index contributed by atoms with van der Waals surface area (Å²) >= 11 is 5.97. The maximum absolute atomic E-state index is 11.8. The van der Waals surface area contributed by atoms with Gasteiger partial charge in [0.15, 0.2) is 0 Å². The Morgan fingerprint density at radius 3 is 2.50 bits per heavy atom. The summed E-state index contributed by atoms with van der Waals surface area (Å²) in [6, 6.07) is 5.05. The molecule has 0 radical (unpaired) electrons. The van der Waals surface area contributed by atoms with Gasteiger partial charge in [-0.1, -0.05) is 31.5 Å².